The van der Waals surface area contributed by atoms with E-state index >= 15 is 0 Å². The van der Waals surface area contributed by atoms with E-state index in [1.54, 1.807) is 27.7 Å². The highest BCUT2D eigenvalue weighted by atomic mass is 16.5. The van der Waals surface area contributed by atoms with Gasteiger partial charge in [0.25, 0.3) is 11.8 Å². The number of imide groups is 1. The molecule has 0 atom stereocenters. The first-order valence-corrected chi connectivity index (χ1v) is 6.58. The van der Waals surface area contributed by atoms with Gasteiger partial charge in [-0.15, -0.1) is 0 Å². The van der Waals surface area contributed by atoms with Gasteiger partial charge < -0.3 is 5.21 Å². The monoisotopic (exact) mass is 276 g/mol. The molecule has 0 aromatic heterocycles. The van der Waals surface area contributed by atoms with Gasteiger partial charge in [-0.05, 0) is 33.3 Å². The zero-order chi connectivity index (χ0) is 15.1. The summed E-state index contributed by atoms with van der Waals surface area (Å²) in [6.07, 6.45) is 0. The second-order valence-electron chi connectivity index (χ2n) is 6.11. The number of nitrogens with zero attached hydrogens (tertiary/aromatic N) is 2. The van der Waals surface area contributed by atoms with Gasteiger partial charge in [-0.25, -0.2) is 0 Å². The van der Waals surface area contributed by atoms with Crippen LogP contribution in [0.25, 0.3) is 0 Å². The third-order valence-electron chi connectivity index (χ3n) is 3.78. The molecule has 2 rings (SSSR count). The second-order valence-corrected chi connectivity index (χ2v) is 6.11. The Morgan fingerprint density at radius 3 is 1.85 bits per heavy atom. The van der Waals surface area contributed by atoms with Gasteiger partial charge in [-0.1, -0.05) is 30.3 Å². The molecular weight excluding hydrogens is 256 g/mol. The molecule has 0 aliphatic carbocycles. The number of hydrogen-bond donors (Lipinski definition) is 1. The van der Waals surface area contributed by atoms with Crippen LogP contribution in [-0.2, 0) is 16.1 Å². The standard InChI is InChI=1S/C15H20N2O3/c1-14(2)12(18)16(10-11-8-6-5-7-9-11)13(19)15(3,4)17(14)20/h5-9,20H,10H2,1-4H3. The fourth-order valence-electron chi connectivity index (χ4n) is 2.54. The second kappa shape index (κ2) is 4.68. The summed E-state index contributed by atoms with van der Waals surface area (Å²) in [5.41, 5.74) is -1.38. The predicted octanol–water partition coefficient (Wildman–Crippen LogP) is 1.80. The van der Waals surface area contributed by atoms with Crippen LogP contribution in [0.4, 0.5) is 0 Å². The smallest absolute Gasteiger partial charge is 0.251 e. The Hall–Kier alpha value is -1.72. The molecule has 1 saturated heterocycles. The molecule has 1 aromatic rings. The van der Waals surface area contributed by atoms with Crippen molar-refractivity contribution in [3.05, 3.63) is 35.9 Å². The molecule has 108 valence electrons. The molecule has 5 nitrogen and oxygen atoms in total. The maximum Gasteiger partial charge on any atom is 0.251 e. The molecule has 0 radical (unpaired) electrons. The summed E-state index contributed by atoms with van der Waals surface area (Å²) in [6, 6.07) is 9.34. The van der Waals surface area contributed by atoms with Crippen molar-refractivity contribution in [2.75, 3.05) is 0 Å². The largest absolute Gasteiger partial charge is 0.312 e. The average molecular weight is 276 g/mol. The van der Waals surface area contributed by atoms with Crippen molar-refractivity contribution in [3.63, 3.8) is 0 Å². The summed E-state index contributed by atoms with van der Waals surface area (Å²) in [4.78, 5) is 26.2. The zero-order valence-electron chi connectivity index (χ0n) is 12.3. The maximum absolute atomic E-state index is 12.5. The fraction of sp³-hybridized carbons (Fsp3) is 0.467. The van der Waals surface area contributed by atoms with E-state index in [2.05, 4.69) is 0 Å². The van der Waals surface area contributed by atoms with Crippen LogP contribution >= 0.6 is 0 Å². The lowest BCUT2D eigenvalue weighted by atomic mass is 9.88. The molecule has 1 aliphatic heterocycles. The van der Waals surface area contributed by atoms with E-state index in [1.165, 1.54) is 4.90 Å². The molecule has 0 unspecified atom stereocenters. The van der Waals surface area contributed by atoms with Crippen molar-refractivity contribution in [1.29, 1.82) is 0 Å². The normalized spacial score (nSPS) is 22.1. The number of hydrogen-bond acceptors (Lipinski definition) is 4. The predicted molar refractivity (Wildman–Crippen MR) is 73.8 cm³/mol. The summed E-state index contributed by atoms with van der Waals surface area (Å²) < 4.78 is 0. The van der Waals surface area contributed by atoms with Gasteiger partial charge in [0.1, 0.15) is 11.1 Å². The van der Waals surface area contributed by atoms with E-state index in [1.807, 2.05) is 30.3 Å². The minimum Gasteiger partial charge on any atom is -0.312 e. The summed E-state index contributed by atoms with van der Waals surface area (Å²) in [5, 5.41) is 11.0. The van der Waals surface area contributed by atoms with Gasteiger partial charge in [-0.3, -0.25) is 14.5 Å². The Morgan fingerprint density at radius 2 is 1.40 bits per heavy atom. The lowest BCUT2D eigenvalue weighted by Crippen LogP contribution is -2.72. The number of carbonyl (C=O) groups excluding carboxylic acids is 2. The van der Waals surface area contributed by atoms with E-state index in [0.717, 1.165) is 10.6 Å². The van der Waals surface area contributed by atoms with Crippen molar-refractivity contribution in [1.82, 2.24) is 9.96 Å². The van der Waals surface area contributed by atoms with Crippen molar-refractivity contribution in [3.8, 4) is 0 Å². The number of benzene rings is 1. The highest BCUT2D eigenvalue weighted by molar-refractivity contribution is 6.05. The van der Waals surface area contributed by atoms with Gasteiger partial charge in [0.15, 0.2) is 0 Å². The van der Waals surface area contributed by atoms with Crippen molar-refractivity contribution < 1.29 is 14.8 Å². The Morgan fingerprint density at radius 1 is 0.950 bits per heavy atom. The summed E-state index contributed by atoms with van der Waals surface area (Å²) in [7, 11) is 0. The highest BCUT2D eigenvalue weighted by Gasteiger charge is 2.55. The Balaban J connectivity index is 2.37. The lowest BCUT2D eigenvalue weighted by Gasteiger charge is -2.49. The molecule has 1 heterocycles. The number of hydroxylamine groups is 2. The molecule has 1 aromatic carbocycles. The minimum absolute atomic E-state index is 0.221. The van der Waals surface area contributed by atoms with E-state index in [-0.39, 0.29) is 6.54 Å². The zero-order valence-corrected chi connectivity index (χ0v) is 12.3. The van der Waals surface area contributed by atoms with Crippen LogP contribution in [0.1, 0.15) is 33.3 Å². The molecule has 20 heavy (non-hydrogen) atoms. The first-order valence-electron chi connectivity index (χ1n) is 6.58. The fourth-order valence-corrected chi connectivity index (χ4v) is 2.54. The summed E-state index contributed by atoms with van der Waals surface area (Å²) in [6.45, 7) is 6.67. The summed E-state index contributed by atoms with van der Waals surface area (Å²) >= 11 is 0. The van der Waals surface area contributed by atoms with E-state index in [4.69, 9.17) is 0 Å². The third-order valence-corrected chi connectivity index (χ3v) is 3.78. The Kier molecular flexibility index (Phi) is 3.44. The van der Waals surface area contributed by atoms with Gasteiger partial charge >= 0.3 is 0 Å². The number of rotatable bonds is 2. The van der Waals surface area contributed by atoms with Crippen LogP contribution in [0.5, 0.6) is 0 Å². The van der Waals surface area contributed by atoms with E-state index in [9.17, 15) is 14.8 Å². The topological polar surface area (TPSA) is 60.9 Å². The van der Waals surface area contributed by atoms with Crippen molar-refractivity contribution >= 4 is 11.8 Å². The molecule has 5 heteroatoms. The van der Waals surface area contributed by atoms with Crippen LogP contribution in [0.3, 0.4) is 0 Å². The molecule has 1 fully saturated rings. The molecule has 1 aliphatic rings. The molecule has 0 spiro atoms. The first-order chi connectivity index (χ1) is 9.19. The number of carbonyl (C=O) groups is 2. The first kappa shape index (κ1) is 14.7. The molecular formula is C15H20N2O3. The average Bonchev–Trinajstić information content (AvgIpc) is 2.42. The van der Waals surface area contributed by atoms with Crippen LogP contribution < -0.4 is 0 Å². The molecule has 0 saturated carbocycles. The van der Waals surface area contributed by atoms with Crippen molar-refractivity contribution in [2.45, 2.75) is 45.3 Å². The van der Waals surface area contributed by atoms with Gasteiger partial charge in [0.05, 0.1) is 6.54 Å². The van der Waals surface area contributed by atoms with Crippen LogP contribution in [-0.4, -0.2) is 38.1 Å². The SMILES string of the molecule is CC1(C)C(=O)N(Cc2ccccc2)C(=O)C(C)(C)N1O. The quantitative estimate of drug-likeness (QED) is 0.837. The molecule has 0 bridgehead atoms. The molecule has 2 amide bonds. The van der Waals surface area contributed by atoms with Gasteiger partial charge in [0.2, 0.25) is 0 Å². The Bertz CT molecular complexity index is 509. The van der Waals surface area contributed by atoms with Gasteiger partial charge in [0, 0.05) is 0 Å². The minimum atomic E-state index is -1.13. The highest BCUT2D eigenvalue weighted by Crippen LogP contribution is 2.33. The van der Waals surface area contributed by atoms with Crippen LogP contribution in [0.2, 0.25) is 0 Å². The van der Waals surface area contributed by atoms with Crippen molar-refractivity contribution in [2.24, 2.45) is 0 Å². The maximum atomic E-state index is 12.5. The van der Waals surface area contributed by atoms with E-state index < -0.39 is 22.9 Å². The lowest BCUT2D eigenvalue weighted by molar-refractivity contribution is -0.242. The third kappa shape index (κ3) is 2.13. The van der Waals surface area contributed by atoms with Crippen LogP contribution in [0.15, 0.2) is 30.3 Å². The number of piperazine rings is 1. The summed E-state index contributed by atoms with van der Waals surface area (Å²) in [5.74, 6) is -0.790. The van der Waals surface area contributed by atoms with Gasteiger partial charge in [-0.2, -0.15) is 5.06 Å². The van der Waals surface area contributed by atoms with E-state index in [0.29, 0.717) is 0 Å². The molecule has 1 N–H and O–H groups in total. The number of amides is 2. The van der Waals surface area contributed by atoms with Crippen LogP contribution in [0, 0.1) is 0 Å². The Labute approximate surface area is 118 Å².